The van der Waals surface area contributed by atoms with Gasteiger partial charge in [-0.25, -0.2) is 13.3 Å². The van der Waals surface area contributed by atoms with Crippen molar-refractivity contribution in [3.05, 3.63) is 59.5 Å². The lowest BCUT2D eigenvalue weighted by Gasteiger charge is -2.08. The van der Waals surface area contributed by atoms with Crippen LogP contribution in [0.5, 0.6) is 0 Å². The Bertz CT molecular complexity index is 918. The van der Waals surface area contributed by atoms with Crippen LogP contribution in [0, 0.1) is 5.82 Å². The monoisotopic (exact) mass is 351 g/mol. The van der Waals surface area contributed by atoms with Crippen LogP contribution in [0.2, 0.25) is 0 Å². The predicted molar refractivity (Wildman–Crippen MR) is 87.3 cm³/mol. The minimum Gasteiger partial charge on any atom is -0.314 e. The number of hydrogen-bond donors (Lipinski definition) is 1. The first-order chi connectivity index (χ1) is 11.0. The minimum atomic E-state index is -3.81. The van der Waals surface area contributed by atoms with E-state index in [1.165, 1.54) is 24.4 Å². The van der Waals surface area contributed by atoms with Crippen molar-refractivity contribution in [3.8, 4) is 11.4 Å². The molecule has 8 heteroatoms. The third-order valence-electron chi connectivity index (χ3n) is 3.21. The molecule has 2 aromatic heterocycles. The van der Waals surface area contributed by atoms with E-state index in [-0.39, 0.29) is 15.6 Å². The van der Waals surface area contributed by atoms with E-state index >= 15 is 0 Å². The zero-order valence-corrected chi connectivity index (χ0v) is 13.9. The second-order valence-electron chi connectivity index (χ2n) is 4.80. The fourth-order valence-corrected chi connectivity index (χ4v) is 4.60. The largest absolute Gasteiger partial charge is 0.314 e. The maximum atomic E-state index is 14.1. The van der Waals surface area contributed by atoms with Gasteiger partial charge in [0.1, 0.15) is 10.0 Å². The molecule has 120 valence electrons. The Hall–Kier alpha value is -2.03. The molecule has 0 radical (unpaired) electrons. The van der Waals surface area contributed by atoms with Crippen molar-refractivity contribution in [3.63, 3.8) is 0 Å². The van der Waals surface area contributed by atoms with Crippen LogP contribution in [0.3, 0.4) is 0 Å². The third-order valence-corrected chi connectivity index (χ3v) is 6.23. The normalized spacial score (nSPS) is 11.7. The summed E-state index contributed by atoms with van der Waals surface area (Å²) in [5, 5.41) is 4.60. The molecule has 0 amide bonds. The van der Waals surface area contributed by atoms with Gasteiger partial charge in [-0.3, -0.25) is 0 Å². The van der Waals surface area contributed by atoms with E-state index < -0.39 is 15.8 Å². The van der Waals surface area contributed by atoms with Crippen LogP contribution < -0.4 is 5.32 Å². The van der Waals surface area contributed by atoms with Gasteiger partial charge in [-0.15, -0.1) is 11.3 Å². The Labute approximate surface area is 137 Å². The first-order valence-electron chi connectivity index (χ1n) is 6.81. The smallest absolute Gasteiger partial charge is 0.278 e. The molecule has 1 N–H and O–H groups in total. The zero-order valence-electron chi connectivity index (χ0n) is 12.2. The minimum absolute atomic E-state index is 0.0711. The molecule has 0 fully saturated rings. The van der Waals surface area contributed by atoms with Crippen LogP contribution in [0.4, 0.5) is 4.39 Å². The van der Waals surface area contributed by atoms with Gasteiger partial charge < -0.3 is 5.32 Å². The van der Waals surface area contributed by atoms with Gasteiger partial charge in [0.05, 0.1) is 11.3 Å². The summed E-state index contributed by atoms with van der Waals surface area (Å²) in [4.78, 5) is 4.29. The summed E-state index contributed by atoms with van der Waals surface area (Å²) in [5.74, 6) is -0.446. The SMILES string of the molecule is CNCc1cn(S(=O)(=O)c2cccs2)c(-c2ccccc2F)n1. The van der Waals surface area contributed by atoms with Crippen molar-refractivity contribution in [2.24, 2.45) is 0 Å². The van der Waals surface area contributed by atoms with Gasteiger partial charge in [0, 0.05) is 12.7 Å². The molecule has 0 saturated carbocycles. The summed E-state index contributed by atoms with van der Waals surface area (Å²) in [7, 11) is -2.08. The van der Waals surface area contributed by atoms with E-state index in [0.29, 0.717) is 12.2 Å². The Balaban J connectivity index is 2.22. The van der Waals surface area contributed by atoms with Crippen molar-refractivity contribution in [1.82, 2.24) is 14.3 Å². The van der Waals surface area contributed by atoms with Crippen molar-refractivity contribution in [1.29, 1.82) is 0 Å². The molecule has 23 heavy (non-hydrogen) atoms. The molecule has 0 bridgehead atoms. The number of thiophene rings is 1. The van der Waals surface area contributed by atoms with Crippen LogP contribution in [-0.2, 0) is 16.6 Å². The lowest BCUT2D eigenvalue weighted by atomic mass is 10.2. The highest BCUT2D eigenvalue weighted by atomic mass is 32.2. The fourth-order valence-electron chi connectivity index (χ4n) is 2.19. The van der Waals surface area contributed by atoms with E-state index in [9.17, 15) is 12.8 Å². The number of nitrogens with one attached hydrogen (secondary N) is 1. The zero-order chi connectivity index (χ0) is 16.4. The van der Waals surface area contributed by atoms with Crippen LogP contribution in [0.15, 0.2) is 52.2 Å². The van der Waals surface area contributed by atoms with Crippen molar-refractivity contribution >= 4 is 21.4 Å². The third kappa shape index (κ3) is 2.92. The molecular weight excluding hydrogens is 337 g/mol. The van der Waals surface area contributed by atoms with Crippen LogP contribution in [0.25, 0.3) is 11.4 Å². The molecular formula is C15H14FN3O2S2. The highest BCUT2D eigenvalue weighted by Gasteiger charge is 2.25. The van der Waals surface area contributed by atoms with Gasteiger partial charge in [0.2, 0.25) is 0 Å². The number of imidazole rings is 1. The molecule has 0 atom stereocenters. The summed E-state index contributed by atoms with van der Waals surface area (Å²) in [6.07, 6.45) is 1.42. The number of nitrogens with zero attached hydrogens (tertiary/aromatic N) is 2. The molecule has 0 saturated heterocycles. The molecule has 0 spiro atoms. The molecule has 5 nitrogen and oxygen atoms in total. The lowest BCUT2D eigenvalue weighted by Crippen LogP contribution is -2.12. The van der Waals surface area contributed by atoms with E-state index in [1.807, 2.05) is 0 Å². The standard InChI is InChI=1S/C15H14FN3O2S2/c1-17-9-11-10-19(23(20,21)14-7-4-8-22-14)15(18-11)12-5-2-3-6-13(12)16/h2-8,10,17H,9H2,1H3. The maximum absolute atomic E-state index is 14.1. The van der Waals surface area contributed by atoms with E-state index in [2.05, 4.69) is 10.3 Å². The molecule has 2 heterocycles. The van der Waals surface area contributed by atoms with Crippen LogP contribution >= 0.6 is 11.3 Å². The van der Waals surface area contributed by atoms with Crippen LogP contribution in [0.1, 0.15) is 5.69 Å². The summed E-state index contributed by atoms with van der Waals surface area (Å²) in [5.41, 5.74) is 0.667. The first-order valence-corrected chi connectivity index (χ1v) is 9.13. The highest BCUT2D eigenvalue weighted by Crippen LogP contribution is 2.28. The molecule has 0 aliphatic carbocycles. The Morgan fingerprint density at radius 3 is 2.70 bits per heavy atom. The van der Waals surface area contributed by atoms with E-state index in [1.54, 1.807) is 30.6 Å². The first kappa shape index (κ1) is 15.9. The predicted octanol–water partition coefficient (Wildman–Crippen LogP) is 2.71. The fraction of sp³-hybridized carbons (Fsp3) is 0.133. The number of rotatable bonds is 5. The number of halogens is 1. The van der Waals surface area contributed by atoms with Gasteiger partial charge in [0.25, 0.3) is 10.0 Å². The summed E-state index contributed by atoms with van der Waals surface area (Å²) in [6.45, 7) is 0.383. The quantitative estimate of drug-likeness (QED) is 0.768. The van der Waals surface area contributed by atoms with E-state index in [0.717, 1.165) is 15.3 Å². The summed E-state index contributed by atoms with van der Waals surface area (Å²) < 4.78 is 41.0. The Morgan fingerprint density at radius 1 is 1.26 bits per heavy atom. The number of benzene rings is 1. The Morgan fingerprint density at radius 2 is 2.04 bits per heavy atom. The lowest BCUT2D eigenvalue weighted by molar-refractivity contribution is 0.589. The second-order valence-corrected chi connectivity index (χ2v) is 7.79. The second kappa shape index (κ2) is 6.23. The topological polar surface area (TPSA) is 64.0 Å². The molecule has 0 aliphatic heterocycles. The van der Waals surface area contributed by atoms with E-state index in [4.69, 9.17) is 0 Å². The van der Waals surface area contributed by atoms with Gasteiger partial charge in [-0.1, -0.05) is 18.2 Å². The molecule has 3 aromatic rings. The van der Waals surface area contributed by atoms with Gasteiger partial charge in [-0.05, 0) is 30.6 Å². The average molecular weight is 351 g/mol. The number of hydrogen-bond acceptors (Lipinski definition) is 5. The average Bonchev–Trinajstić information content (AvgIpc) is 3.18. The maximum Gasteiger partial charge on any atom is 0.278 e. The summed E-state index contributed by atoms with van der Waals surface area (Å²) >= 11 is 1.11. The molecule has 3 rings (SSSR count). The van der Waals surface area contributed by atoms with Crippen molar-refractivity contribution < 1.29 is 12.8 Å². The van der Waals surface area contributed by atoms with Crippen molar-refractivity contribution in [2.45, 2.75) is 10.8 Å². The van der Waals surface area contributed by atoms with Gasteiger partial charge in [0.15, 0.2) is 5.82 Å². The molecule has 0 aliphatic rings. The van der Waals surface area contributed by atoms with Crippen LogP contribution in [-0.4, -0.2) is 24.4 Å². The Kier molecular flexibility index (Phi) is 4.29. The summed E-state index contributed by atoms with van der Waals surface area (Å²) in [6, 6.07) is 9.17. The number of aromatic nitrogens is 2. The van der Waals surface area contributed by atoms with Gasteiger partial charge in [-0.2, -0.15) is 8.42 Å². The van der Waals surface area contributed by atoms with Gasteiger partial charge >= 0.3 is 0 Å². The highest BCUT2D eigenvalue weighted by molar-refractivity contribution is 7.92. The van der Waals surface area contributed by atoms with Crippen molar-refractivity contribution in [2.75, 3.05) is 7.05 Å². The molecule has 0 unspecified atom stereocenters. The molecule has 1 aromatic carbocycles.